The van der Waals surface area contributed by atoms with Crippen LogP contribution in [0.4, 0.5) is 0 Å². The van der Waals surface area contributed by atoms with Crippen molar-refractivity contribution >= 4 is 23.1 Å². The van der Waals surface area contributed by atoms with E-state index in [1.807, 2.05) is 25.8 Å². The van der Waals surface area contributed by atoms with Crippen LogP contribution in [0.3, 0.4) is 0 Å². The minimum atomic E-state index is -2.71. The maximum atomic E-state index is 12.8. The first-order valence-corrected chi connectivity index (χ1v) is 16.3. The molecule has 8 heteroatoms. The first-order chi connectivity index (χ1) is 14.4. The zero-order valence-electron chi connectivity index (χ0n) is 22.2. The summed E-state index contributed by atoms with van der Waals surface area (Å²) in [6.07, 6.45) is 1.89. The topological polar surface area (TPSA) is 57.2 Å². The highest BCUT2D eigenvalue weighted by molar-refractivity contribution is 6.78. The van der Waals surface area contributed by atoms with E-state index in [1.54, 1.807) is 0 Å². The van der Waals surface area contributed by atoms with Crippen molar-refractivity contribution in [2.75, 3.05) is 33.4 Å². The molecule has 0 fully saturated rings. The third kappa shape index (κ3) is 9.64. The molecule has 0 aromatic heterocycles. The predicted octanol–water partition coefficient (Wildman–Crippen LogP) is 5.85. The summed E-state index contributed by atoms with van der Waals surface area (Å²) in [5.41, 5.74) is 1.18. The molecule has 1 atom stereocenters. The Morgan fingerprint density at radius 2 is 1.35 bits per heavy atom. The summed E-state index contributed by atoms with van der Waals surface area (Å²) in [6, 6.07) is 0.751. The first kappa shape index (κ1) is 30.7. The Labute approximate surface area is 194 Å². The van der Waals surface area contributed by atoms with Gasteiger partial charge < -0.3 is 17.7 Å². The third-order valence-corrected chi connectivity index (χ3v) is 15.3. The Morgan fingerprint density at radius 3 is 1.74 bits per heavy atom. The van der Waals surface area contributed by atoms with Gasteiger partial charge in [-0.25, -0.2) is 0 Å². The van der Waals surface area contributed by atoms with E-state index < -0.39 is 17.1 Å². The van der Waals surface area contributed by atoms with Crippen molar-refractivity contribution in [3.05, 3.63) is 0 Å². The highest BCUT2D eigenvalue weighted by atomic mass is 28.4. The highest BCUT2D eigenvalue weighted by Crippen LogP contribution is 2.42. The van der Waals surface area contributed by atoms with Crippen LogP contribution < -0.4 is 0 Å². The zero-order chi connectivity index (χ0) is 24.2. The Bertz CT molecular complexity index is 475. The van der Waals surface area contributed by atoms with Gasteiger partial charge in [0.2, 0.25) is 0 Å². The van der Waals surface area contributed by atoms with Crippen LogP contribution in [0.1, 0.15) is 82.1 Å². The van der Waals surface area contributed by atoms with E-state index in [1.165, 1.54) is 0 Å². The second-order valence-electron chi connectivity index (χ2n) is 9.52. The lowest BCUT2D eigenvalue weighted by molar-refractivity contribution is -0.136. The van der Waals surface area contributed by atoms with Crippen molar-refractivity contribution in [3.8, 4) is 0 Å². The molecular weight excluding hydrogens is 426 g/mol. The summed E-state index contributed by atoms with van der Waals surface area (Å²) in [7, 11) is -2.92. The van der Waals surface area contributed by atoms with Crippen molar-refractivity contribution in [1.29, 1.82) is 0 Å². The molecule has 0 saturated carbocycles. The first-order valence-electron chi connectivity index (χ1n) is 12.3. The zero-order valence-corrected chi connectivity index (χ0v) is 24.2. The number of carbonyl (C=O) groups is 1. The largest absolute Gasteiger partial charge is 0.517 e. The van der Waals surface area contributed by atoms with Crippen LogP contribution in [-0.2, 0) is 22.5 Å². The number of hydrogen-bond acceptors (Lipinski definition) is 6. The van der Waals surface area contributed by atoms with E-state index in [0.29, 0.717) is 36.4 Å². The molecule has 0 bridgehead atoms. The van der Waals surface area contributed by atoms with Crippen LogP contribution in [-0.4, -0.2) is 67.4 Å². The minimum absolute atomic E-state index is 0.0979. The monoisotopic (exact) mass is 477 g/mol. The molecule has 31 heavy (non-hydrogen) atoms. The molecule has 0 rings (SSSR count). The van der Waals surface area contributed by atoms with E-state index in [4.69, 9.17) is 17.7 Å². The standard InChI is InChI=1S/C23H51NO5Si2/c1-12-22(10)28-30(26-13-2,27-14-3)17-15-16-24(11)18-23(25)29-31(19(4)5,20(6)7)21(8)9/h19-22H,12-18H2,1-11H3. The number of rotatable bonds is 17. The second kappa shape index (κ2) is 14.8. The van der Waals surface area contributed by atoms with Crippen LogP contribution in [0, 0.1) is 0 Å². The molecule has 0 amide bonds. The van der Waals surface area contributed by atoms with Gasteiger partial charge in [0.25, 0.3) is 8.32 Å². The average Bonchev–Trinajstić information content (AvgIpc) is 2.65. The van der Waals surface area contributed by atoms with Gasteiger partial charge >= 0.3 is 14.8 Å². The fourth-order valence-electron chi connectivity index (χ4n) is 4.59. The van der Waals surface area contributed by atoms with Crippen LogP contribution >= 0.6 is 0 Å². The lowest BCUT2D eigenvalue weighted by Crippen LogP contribution is -2.50. The van der Waals surface area contributed by atoms with Crippen molar-refractivity contribution in [1.82, 2.24) is 4.90 Å². The fraction of sp³-hybridized carbons (Fsp3) is 0.957. The molecule has 0 aromatic rings. The van der Waals surface area contributed by atoms with E-state index in [9.17, 15) is 4.79 Å². The molecule has 1 unspecified atom stereocenters. The molecule has 0 aliphatic heterocycles. The van der Waals surface area contributed by atoms with Crippen molar-refractivity contribution < 1.29 is 22.5 Å². The molecule has 186 valence electrons. The van der Waals surface area contributed by atoms with Crippen LogP contribution in [0.5, 0.6) is 0 Å². The van der Waals surface area contributed by atoms with Crippen molar-refractivity contribution in [2.45, 2.75) is 111 Å². The van der Waals surface area contributed by atoms with Gasteiger partial charge in [-0.2, -0.15) is 0 Å². The summed E-state index contributed by atoms with van der Waals surface area (Å²) in [4.78, 5) is 14.9. The van der Waals surface area contributed by atoms with Gasteiger partial charge in [0.1, 0.15) is 0 Å². The summed E-state index contributed by atoms with van der Waals surface area (Å²) >= 11 is 0. The number of hydrogen-bond donors (Lipinski definition) is 0. The van der Waals surface area contributed by atoms with E-state index in [0.717, 1.165) is 25.4 Å². The van der Waals surface area contributed by atoms with E-state index in [2.05, 4.69) is 55.4 Å². The second-order valence-corrected chi connectivity index (χ2v) is 17.6. The SMILES string of the molecule is CCO[Si](CCCN(C)CC(=O)O[Si](C(C)C)(C(C)C)C(C)C)(OCC)OC(C)CC. The van der Waals surface area contributed by atoms with Gasteiger partial charge in [0.05, 0.1) is 6.54 Å². The van der Waals surface area contributed by atoms with Gasteiger partial charge in [0.15, 0.2) is 0 Å². The van der Waals surface area contributed by atoms with Crippen molar-refractivity contribution in [2.24, 2.45) is 0 Å². The van der Waals surface area contributed by atoms with Gasteiger partial charge in [-0.3, -0.25) is 9.69 Å². The molecule has 0 aliphatic carbocycles. The summed E-state index contributed by atoms with van der Waals surface area (Å²) in [5, 5.41) is 0. The lowest BCUT2D eigenvalue weighted by Gasteiger charge is -2.41. The third-order valence-electron chi connectivity index (χ3n) is 6.10. The predicted molar refractivity (Wildman–Crippen MR) is 134 cm³/mol. The molecule has 0 aromatic carbocycles. The number of nitrogens with zero attached hydrogens (tertiary/aromatic N) is 1. The van der Waals surface area contributed by atoms with Gasteiger partial charge in [0, 0.05) is 25.4 Å². The smallest absolute Gasteiger partial charge is 0.501 e. The van der Waals surface area contributed by atoms with Crippen LogP contribution in [0.25, 0.3) is 0 Å². The number of carbonyl (C=O) groups excluding carboxylic acids is 1. The molecule has 0 aliphatic rings. The fourth-order valence-corrected chi connectivity index (χ4v) is 12.6. The Balaban J connectivity index is 4.96. The number of likely N-dealkylation sites (N-methyl/N-ethyl adjacent to an activating group) is 1. The maximum Gasteiger partial charge on any atom is 0.501 e. The Morgan fingerprint density at radius 1 is 0.871 bits per heavy atom. The quantitative estimate of drug-likeness (QED) is 0.245. The minimum Gasteiger partial charge on any atom is -0.517 e. The average molecular weight is 478 g/mol. The van der Waals surface area contributed by atoms with Gasteiger partial charge in [-0.05, 0) is 63.8 Å². The normalized spacial score (nSPS) is 14.2. The van der Waals surface area contributed by atoms with Gasteiger partial charge in [-0.15, -0.1) is 0 Å². The summed E-state index contributed by atoms with van der Waals surface area (Å²) < 4.78 is 24.6. The maximum absolute atomic E-state index is 12.8. The van der Waals surface area contributed by atoms with Crippen molar-refractivity contribution in [3.63, 3.8) is 0 Å². The summed E-state index contributed by atoms with van der Waals surface area (Å²) in [6.45, 7) is 23.6. The van der Waals surface area contributed by atoms with E-state index in [-0.39, 0.29) is 12.1 Å². The summed E-state index contributed by atoms with van der Waals surface area (Å²) in [5.74, 6) is -0.0979. The van der Waals surface area contributed by atoms with E-state index >= 15 is 0 Å². The Hall–Kier alpha value is -0.256. The molecule has 0 heterocycles. The molecule has 6 nitrogen and oxygen atoms in total. The Kier molecular flexibility index (Phi) is 14.7. The molecule has 0 saturated heterocycles. The lowest BCUT2D eigenvalue weighted by atomic mass is 10.3. The molecular formula is C23H51NO5Si2. The molecule has 0 spiro atoms. The van der Waals surface area contributed by atoms with Crippen LogP contribution in [0.2, 0.25) is 22.7 Å². The molecule has 0 N–H and O–H groups in total. The molecule has 0 radical (unpaired) electrons. The highest BCUT2D eigenvalue weighted by Gasteiger charge is 2.48. The van der Waals surface area contributed by atoms with Crippen LogP contribution in [0.15, 0.2) is 0 Å². The van der Waals surface area contributed by atoms with Gasteiger partial charge in [-0.1, -0.05) is 48.5 Å².